The normalized spacial score (nSPS) is 23.3. The molecule has 2 saturated heterocycles. The highest BCUT2D eigenvalue weighted by Crippen LogP contribution is 2.30. The topological polar surface area (TPSA) is 90.1 Å². The molecule has 2 aliphatic rings. The Morgan fingerprint density at radius 2 is 1.78 bits per heavy atom. The third-order valence-corrected chi connectivity index (χ3v) is 5.43. The van der Waals surface area contributed by atoms with E-state index in [0.29, 0.717) is 30.2 Å². The summed E-state index contributed by atoms with van der Waals surface area (Å²) in [5.74, 6) is -1.03. The van der Waals surface area contributed by atoms with E-state index in [1.807, 2.05) is 28.5 Å². The van der Waals surface area contributed by atoms with Gasteiger partial charge in [-0.25, -0.2) is 9.59 Å². The van der Waals surface area contributed by atoms with E-state index < -0.39 is 5.97 Å². The molecule has 27 heavy (non-hydrogen) atoms. The molecular weight excluding hydrogens is 348 g/mol. The number of anilines is 1. The van der Waals surface area contributed by atoms with E-state index in [9.17, 15) is 14.7 Å². The molecule has 2 fully saturated rings. The molecule has 4 rings (SSSR count). The van der Waals surface area contributed by atoms with Crippen LogP contribution < -0.4 is 4.90 Å². The van der Waals surface area contributed by atoms with Crippen molar-refractivity contribution in [3.05, 3.63) is 23.8 Å². The Balaban J connectivity index is 1.58. The minimum atomic E-state index is -1.03. The molecule has 2 aromatic rings. The minimum Gasteiger partial charge on any atom is -0.478 e. The minimum absolute atomic E-state index is 0.0154. The van der Waals surface area contributed by atoms with Gasteiger partial charge in [0.05, 0.1) is 5.56 Å². The van der Waals surface area contributed by atoms with E-state index in [4.69, 9.17) is 4.42 Å². The Labute approximate surface area is 157 Å². The number of rotatable bonds is 2. The van der Waals surface area contributed by atoms with Gasteiger partial charge >= 0.3 is 12.0 Å². The monoisotopic (exact) mass is 372 g/mol. The van der Waals surface area contributed by atoms with Crippen molar-refractivity contribution in [2.45, 2.75) is 38.8 Å². The lowest BCUT2D eigenvalue weighted by Crippen LogP contribution is -2.60. The first kappa shape index (κ1) is 17.6. The van der Waals surface area contributed by atoms with Crippen LogP contribution in [0, 0.1) is 0 Å². The Morgan fingerprint density at radius 3 is 2.41 bits per heavy atom. The van der Waals surface area contributed by atoms with Crippen molar-refractivity contribution in [2.24, 2.45) is 0 Å². The van der Waals surface area contributed by atoms with Crippen molar-refractivity contribution in [3.63, 3.8) is 0 Å². The number of para-hydroxylation sites is 1. The number of carbonyl (C=O) groups excluding carboxylic acids is 1. The lowest BCUT2D eigenvalue weighted by Gasteiger charge is -2.44. The predicted octanol–water partition coefficient (Wildman–Crippen LogP) is 2.64. The molecular formula is C19H24N4O4. The summed E-state index contributed by atoms with van der Waals surface area (Å²) in [7, 11) is 0. The molecule has 144 valence electrons. The second-order valence-corrected chi connectivity index (χ2v) is 7.44. The maximum absolute atomic E-state index is 12.7. The van der Waals surface area contributed by atoms with Crippen molar-refractivity contribution in [3.8, 4) is 0 Å². The number of likely N-dealkylation sites (tertiary alicyclic amines) is 1. The standard InChI is InChI=1S/C19H24N4O4/c1-12-10-22(19(26)21-8-3-4-9-21)11-13(2)23(12)18-20-16-14(17(24)25)6-5-7-15(16)27-18/h5-7,12-13H,3-4,8-11H2,1-2H3,(H,24,25)/t12-,13-/m0/s1. The second-order valence-electron chi connectivity index (χ2n) is 7.44. The van der Waals surface area contributed by atoms with E-state index in [2.05, 4.69) is 4.98 Å². The number of benzene rings is 1. The zero-order valence-corrected chi connectivity index (χ0v) is 15.6. The van der Waals surface area contributed by atoms with Gasteiger partial charge < -0.3 is 24.2 Å². The Morgan fingerprint density at radius 1 is 1.11 bits per heavy atom. The molecule has 0 spiro atoms. The smallest absolute Gasteiger partial charge is 0.338 e. The number of aromatic carboxylic acids is 1. The van der Waals surface area contributed by atoms with Crippen LogP contribution in [0.4, 0.5) is 10.8 Å². The third-order valence-electron chi connectivity index (χ3n) is 5.43. The molecule has 0 radical (unpaired) electrons. The average molecular weight is 372 g/mol. The highest BCUT2D eigenvalue weighted by molar-refractivity contribution is 6.00. The van der Waals surface area contributed by atoms with E-state index >= 15 is 0 Å². The van der Waals surface area contributed by atoms with Gasteiger partial charge in [-0.2, -0.15) is 4.98 Å². The molecule has 0 bridgehead atoms. The van der Waals surface area contributed by atoms with Gasteiger partial charge in [0.15, 0.2) is 5.58 Å². The van der Waals surface area contributed by atoms with E-state index in [1.165, 1.54) is 6.07 Å². The van der Waals surface area contributed by atoms with Gasteiger partial charge in [0.2, 0.25) is 0 Å². The first-order valence-electron chi connectivity index (χ1n) is 9.40. The van der Waals surface area contributed by atoms with Crippen LogP contribution in [-0.4, -0.2) is 70.2 Å². The van der Waals surface area contributed by atoms with Crippen molar-refractivity contribution < 1.29 is 19.1 Å². The number of piperazine rings is 1. The molecule has 2 amide bonds. The van der Waals surface area contributed by atoms with Crippen LogP contribution >= 0.6 is 0 Å². The molecule has 0 saturated carbocycles. The number of urea groups is 1. The van der Waals surface area contributed by atoms with Crippen LogP contribution in [0.25, 0.3) is 11.1 Å². The Bertz CT molecular complexity index is 862. The summed E-state index contributed by atoms with van der Waals surface area (Å²) in [5, 5.41) is 9.36. The van der Waals surface area contributed by atoms with Crippen LogP contribution in [0.15, 0.2) is 22.6 Å². The summed E-state index contributed by atoms with van der Waals surface area (Å²) >= 11 is 0. The summed E-state index contributed by atoms with van der Waals surface area (Å²) in [4.78, 5) is 34.5. The van der Waals surface area contributed by atoms with E-state index in [-0.39, 0.29) is 23.7 Å². The molecule has 0 aliphatic carbocycles. The van der Waals surface area contributed by atoms with Crippen LogP contribution in [0.3, 0.4) is 0 Å². The fraction of sp³-hybridized carbons (Fsp3) is 0.526. The van der Waals surface area contributed by atoms with Gasteiger partial charge in [-0.3, -0.25) is 0 Å². The third kappa shape index (κ3) is 3.09. The van der Waals surface area contributed by atoms with Crippen molar-refractivity contribution in [1.29, 1.82) is 0 Å². The van der Waals surface area contributed by atoms with Gasteiger partial charge in [0.1, 0.15) is 5.52 Å². The number of hydrogen-bond acceptors (Lipinski definition) is 5. The molecule has 3 heterocycles. The average Bonchev–Trinajstić information content (AvgIpc) is 3.29. The molecule has 8 nitrogen and oxygen atoms in total. The molecule has 1 aromatic heterocycles. The first-order chi connectivity index (χ1) is 13.0. The van der Waals surface area contributed by atoms with E-state index in [0.717, 1.165) is 25.9 Å². The molecule has 2 atom stereocenters. The Kier molecular flexibility index (Phi) is 4.41. The summed E-state index contributed by atoms with van der Waals surface area (Å²) in [6.07, 6.45) is 2.15. The number of hydrogen-bond donors (Lipinski definition) is 1. The summed E-state index contributed by atoms with van der Waals surface area (Å²) in [5.41, 5.74) is 0.945. The molecule has 1 aromatic carbocycles. The fourth-order valence-corrected chi connectivity index (χ4v) is 4.18. The SMILES string of the molecule is C[C@H]1CN(C(=O)N2CCCC2)C[C@H](C)N1c1nc2c(C(=O)O)cccc2o1. The fourth-order valence-electron chi connectivity index (χ4n) is 4.18. The van der Waals surface area contributed by atoms with Gasteiger partial charge in [-0.1, -0.05) is 6.07 Å². The van der Waals surface area contributed by atoms with Crippen molar-refractivity contribution in [1.82, 2.24) is 14.8 Å². The maximum atomic E-state index is 12.7. The summed E-state index contributed by atoms with van der Waals surface area (Å²) < 4.78 is 5.87. The first-order valence-corrected chi connectivity index (χ1v) is 9.40. The number of carboxylic acids is 1. The number of nitrogens with zero attached hydrogens (tertiary/aromatic N) is 4. The quantitative estimate of drug-likeness (QED) is 0.872. The second kappa shape index (κ2) is 6.75. The molecule has 8 heteroatoms. The highest BCUT2D eigenvalue weighted by atomic mass is 16.4. The van der Waals surface area contributed by atoms with Crippen molar-refractivity contribution in [2.75, 3.05) is 31.1 Å². The van der Waals surface area contributed by atoms with Crippen LogP contribution in [0.5, 0.6) is 0 Å². The highest BCUT2D eigenvalue weighted by Gasteiger charge is 2.36. The number of aromatic nitrogens is 1. The number of amides is 2. The summed E-state index contributed by atoms with van der Waals surface area (Å²) in [6.45, 7) is 6.92. The van der Waals surface area contributed by atoms with Gasteiger partial charge in [-0.15, -0.1) is 0 Å². The maximum Gasteiger partial charge on any atom is 0.338 e. The van der Waals surface area contributed by atoms with Gasteiger partial charge in [-0.05, 0) is 38.8 Å². The Hall–Kier alpha value is -2.77. The molecule has 0 unspecified atom stereocenters. The van der Waals surface area contributed by atoms with Gasteiger partial charge in [0, 0.05) is 38.3 Å². The number of fused-ring (bicyclic) bond motifs is 1. The molecule has 1 N–H and O–H groups in total. The largest absolute Gasteiger partial charge is 0.478 e. The zero-order chi connectivity index (χ0) is 19.1. The van der Waals surface area contributed by atoms with E-state index in [1.54, 1.807) is 12.1 Å². The van der Waals surface area contributed by atoms with Gasteiger partial charge in [0.25, 0.3) is 6.01 Å². The number of carbonyl (C=O) groups is 2. The lowest BCUT2D eigenvalue weighted by atomic mass is 10.1. The van der Waals surface area contributed by atoms with Crippen LogP contribution in [0.1, 0.15) is 37.0 Å². The zero-order valence-electron chi connectivity index (χ0n) is 15.6. The van der Waals surface area contributed by atoms with Crippen molar-refractivity contribution >= 4 is 29.1 Å². The number of oxazole rings is 1. The van der Waals surface area contributed by atoms with Crippen LogP contribution in [-0.2, 0) is 0 Å². The lowest BCUT2D eigenvalue weighted by molar-refractivity contribution is 0.0698. The summed E-state index contributed by atoms with van der Waals surface area (Å²) in [6, 6.07) is 5.45. The number of carboxylic acid groups (broad SMARTS) is 1. The molecule has 2 aliphatic heterocycles. The van der Waals surface area contributed by atoms with Crippen LogP contribution in [0.2, 0.25) is 0 Å². The predicted molar refractivity (Wildman–Crippen MR) is 100 cm³/mol.